The van der Waals surface area contributed by atoms with Crippen molar-refractivity contribution in [2.24, 2.45) is 5.73 Å². The fraction of sp³-hybridized carbons (Fsp3) is 0.0667. The molecule has 0 aliphatic heterocycles. The quantitative estimate of drug-likeness (QED) is 0.762. The van der Waals surface area contributed by atoms with Crippen molar-refractivity contribution in [1.29, 1.82) is 0 Å². The number of carbonyl (C=O) groups is 1. The van der Waals surface area contributed by atoms with E-state index in [1.165, 1.54) is 18.2 Å². The summed E-state index contributed by atoms with van der Waals surface area (Å²) in [4.78, 5) is 12.2. The Morgan fingerprint density at radius 2 is 2.00 bits per heavy atom. The Labute approximate surface area is 126 Å². The van der Waals surface area contributed by atoms with Crippen LogP contribution in [0.2, 0.25) is 0 Å². The van der Waals surface area contributed by atoms with Crippen LogP contribution in [0.15, 0.2) is 36.4 Å². The Kier molecular flexibility index (Phi) is 4.18. The van der Waals surface area contributed by atoms with E-state index in [1.54, 1.807) is 19.1 Å². The van der Waals surface area contributed by atoms with Crippen LogP contribution in [0.1, 0.15) is 21.5 Å². The third-order valence-corrected chi connectivity index (χ3v) is 3.20. The molecular weight excluding hydrogens is 291 g/mol. The number of phenolic OH excluding ortho intramolecular Hbond substituents is 1. The van der Waals surface area contributed by atoms with Gasteiger partial charge in [-0.05, 0) is 36.8 Å². The van der Waals surface area contributed by atoms with Gasteiger partial charge in [-0.15, -0.1) is 0 Å². The molecule has 108 valence electrons. The fourth-order valence-electron chi connectivity index (χ4n) is 1.86. The summed E-state index contributed by atoms with van der Waals surface area (Å²) in [5, 5.41) is 12.5. The maximum absolute atomic E-state index is 13.2. The molecule has 2 aromatic rings. The molecular formula is C15H13FN2O2S. The topological polar surface area (TPSA) is 75.4 Å². The number of halogens is 1. The predicted octanol–water partition coefficient (Wildman–Crippen LogP) is 2.73. The molecule has 0 atom stereocenters. The molecule has 0 heterocycles. The summed E-state index contributed by atoms with van der Waals surface area (Å²) in [5.41, 5.74) is 6.73. The van der Waals surface area contributed by atoms with Crippen LogP contribution in [-0.4, -0.2) is 16.0 Å². The molecule has 4 nitrogen and oxygen atoms in total. The Balaban J connectivity index is 2.36. The van der Waals surface area contributed by atoms with E-state index in [1.807, 2.05) is 0 Å². The maximum atomic E-state index is 13.2. The van der Waals surface area contributed by atoms with Crippen molar-refractivity contribution in [2.75, 3.05) is 5.32 Å². The van der Waals surface area contributed by atoms with Gasteiger partial charge in [0.2, 0.25) is 0 Å². The summed E-state index contributed by atoms with van der Waals surface area (Å²) >= 11 is 4.84. The van der Waals surface area contributed by atoms with Crippen LogP contribution >= 0.6 is 12.2 Å². The minimum absolute atomic E-state index is 0.0294. The number of anilines is 1. The summed E-state index contributed by atoms with van der Waals surface area (Å²) in [7, 11) is 0. The second kappa shape index (κ2) is 5.88. The molecule has 21 heavy (non-hydrogen) atoms. The van der Waals surface area contributed by atoms with Gasteiger partial charge < -0.3 is 16.2 Å². The highest BCUT2D eigenvalue weighted by atomic mass is 32.1. The summed E-state index contributed by atoms with van der Waals surface area (Å²) in [6, 6.07) is 8.53. The lowest BCUT2D eigenvalue weighted by Gasteiger charge is -2.11. The lowest BCUT2D eigenvalue weighted by Crippen LogP contribution is -2.18. The Hall–Kier alpha value is -2.47. The SMILES string of the molecule is Cc1cccc(C(=O)Nc2ccc(F)cc2C(N)=S)c1O. The Bertz CT molecular complexity index is 732. The summed E-state index contributed by atoms with van der Waals surface area (Å²) in [5.74, 6) is -1.14. The molecule has 2 rings (SSSR count). The Morgan fingerprint density at radius 1 is 1.29 bits per heavy atom. The highest BCUT2D eigenvalue weighted by molar-refractivity contribution is 7.80. The number of rotatable bonds is 3. The molecule has 0 unspecified atom stereocenters. The van der Waals surface area contributed by atoms with E-state index in [9.17, 15) is 14.3 Å². The van der Waals surface area contributed by atoms with E-state index in [2.05, 4.69) is 5.32 Å². The molecule has 0 spiro atoms. The standard InChI is InChI=1S/C15H13FN2O2S/c1-8-3-2-4-10(13(8)19)15(20)18-12-6-5-9(16)7-11(12)14(17)21/h2-7,19H,1H3,(H2,17,21)(H,18,20). The van der Waals surface area contributed by atoms with Crippen molar-refractivity contribution in [2.45, 2.75) is 6.92 Å². The normalized spacial score (nSPS) is 10.2. The third kappa shape index (κ3) is 3.17. The number of hydrogen-bond donors (Lipinski definition) is 3. The molecule has 0 bridgehead atoms. The number of thiocarbonyl (C=S) groups is 1. The number of nitrogens with one attached hydrogen (secondary N) is 1. The molecule has 0 aliphatic carbocycles. The van der Waals surface area contributed by atoms with Gasteiger partial charge in [0.05, 0.1) is 11.3 Å². The molecule has 0 saturated heterocycles. The number of aryl methyl sites for hydroxylation is 1. The van der Waals surface area contributed by atoms with Crippen molar-refractivity contribution < 1.29 is 14.3 Å². The van der Waals surface area contributed by atoms with Crippen molar-refractivity contribution in [3.05, 3.63) is 58.9 Å². The first-order valence-electron chi connectivity index (χ1n) is 6.09. The molecule has 1 amide bonds. The highest BCUT2D eigenvalue weighted by Gasteiger charge is 2.15. The fourth-order valence-corrected chi connectivity index (χ4v) is 2.03. The minimum atomic E-state index is -0.527. The van der Waals surface area contributed by atoms with Crippen LogP contribution in [0.3, 0.4) is 0 Å². The van der Waals surface area contributed by atoms with Gasteiger partial charge in [0, 0.05) is 5.56 Å². The van der Waals surface area contributed by atoms with Crippen molar-refractivity contribution in [3.63, 3.8) is 0 Å². The van der Waals surface area contributed by atoms with Gasteiger partial charge in [0.15, 0.2) is 0 Å². The first kappa shape index (κ1) is 14.9. The van der Waals surface area contributed by atoms with Gasteiger partial charge in [0.1, 0.15) is 16.6 Å². The molecule has 0 aliphatic rings. The largest absolute Gasteiger partial charge is 0.507 e. The van der Waals surface area contributed by atoms with Gasteiger partial charge in [0.25, 0.3) is 5.91 Å². The zero-order valence-electron chi connectivity index (χ0n) is 11.2. The van der Waals surface area contributed by atoms with Gasteiger partial charge in [-0.25, -0.2) is 4.39 Å². The van der Waals surface area contributed by atoms with E-state index in [4.69, 9.17) is 18.0 Å². The molecule has 0 aromatic heterocycles. The molecule has 0 saturated carbocycles. The zero-order valence-corrected chi connectivity index (χ0v) is 12.0. The minimum Gasteiger partial charge on any atom is -0.507 e. The Morgan fingerprint density at radius 3 is 2.67 bits per heavy atom. The summed E-state index contributed by atoms with van der Waals surface area (Å²) < 4.78 is 13.2. The van der Waals surface area contributed by atoms with Crippen LogP contribution in [0.5, 0.6) is 5.75 Å². The van der Waals surface area contributed by atoms with E-state index in [0.29, 0.717) is 5.56 Å². The zero-order chi connectivity index (χ0) is 15.6. The predicted molar refractivity (Wildman–Crippen MR) is 83.1 cm³/mol. The van der Waals surface area contributed by atoms with Crippen molar-refractivity contribution in [1.82, 2.24) is 0 Å². The molecule has 6 heteroatoms. The lowest BCUT2D eigenvalue weighted by molar-refractivity contribution is 0.102. The van der Waals surface area contributed by atoms with Crippen LogP contribution in [0.4, 0.5) is 10.1 Å². The monoisotopic (exact) mass is 304 g/mol. The lowest BCUT2D eigenvalue weighted by atomic mass is 10.1. The smallest absolute Gasteiger partial charge is 0.259 e. The van der Waals surface area contributed by atoms with Crippen molar-refractivity contribution >= 4 is 28.8 Å². The first-order valence-corrected chi connectivity index (χ1v) is 6.50. The highest BCUT2D eigenvalue weighted by Crippen LogP contribution is 2.24. The average Bonchev–Trinajstić information content (AvgIpc) is 2.43. The molecule has 2 aromatic carbocycles. The number of hydrogen-bond acceptors (Lipinski definition) is 3. The number of phenols is 1. The van der Waals surface area contributed by atoms with Crippen LogP contribution < -0.4 is 11.1 Å². The summed E-state index contributed by atoms with van der Waals surface area (Å²) in [6.07, 6.45) is 0. The van der Waals surface area contributed by atoms with Gasteiger partial charge in [-0.3, -0.25) is 4.79 Å². The van der Waals surface area contributed by atoms with Gasteiger partial charge >= 0.3 is 0 Å². The molecule has 4 N–H and O–H groups in total. The maximum Gasteiger partial charge on any atom is 0.259 e. The van der Waals surface area contributed by atoms with Gasteiger partial charge in [-0.2, -0.15) is 0 Å². The van der Waals surface area contributed by atoms with Crippen LogP contribution in [0, 0.1) is 12.7 Å². The number of benzene rings is 2. The van der Waals surface area contributed by atoms with Crippen LogP contribution in [0.25, 0.3) is 0 Å². The second-order valence-electron chi connectivity index (χ2n) is 4.48. The van der Waals surface area contributed by atoms with Gasteiger partial charge in [-0.1, -0.05) is 24.4 Å². The van der Waals surface area contributed by atoms with Crippen molar-refractivity contribution in [3.8, 4) is 5.75 Å². The third-order valence-electron chi connectivity index (χ3n) is 2.98. The average molecular weight is 304 g/mol. The second-order valence-corrected chi connectivity index (χ2v) is 4.92. The van der Waals surface area contributed by atoms with E-state index < -0.39 is 11.7 Å². The summed E-state index contributed by atoms with van der Waals surface area (Å²) in [6.45, 7) is 1.68. The molecule has 0 fully saturated rings. The number of nitrogens with two attached hydrogens (primary N) is 1. The first-order chi connectivity index (χ1) is 9.90. The number of para-hydroxylation sites is 1. The van der Waals surface area contributed by atoms with Crippen LogP contribution in [-0.2, 0) is 0 Å². The number of amides is 1. The van der Waals surface area contributed by atoms with E-state index in [-0.39, 0.29) is 27.6 Å². The van der Waals surface area contributed by atoms with E-state index >= 15 is 0 Å². The number of carbonyl (C=O) groups excluding carboxylic acids is 1. The number of aromatic hydroxyl groups is 1. The van der Waals surface area contributed by atoms with E-state index in [0.717, 1.165) is 6.07 Å². The molecule has 0 radical (unpaired) electrons.